The molecule has 2 aromatic heterocycles. The Balaban J connectivity index is 1.42. The minimum absolute atomic E-state index is 0.0397. The summed E-state index contributed by atoms with van der Waals surface area (Å²) in [6.45, 7) is 1.94. The average Bonchev–Trinajstić information content (AvgIpc) is 2.85. The number of hydrogen-bond donors (Lipinski definition) is 2. The molecule has 11 heteroatoms. The quantitative estimate of drug-likeness (QED) is 0.436. The highest BCUT2D eigenvalue weighted by molar-refractivity contribution is 9.10. The van der Waals surface area contributed by atoms with Crippen molar-refractivity contribution in [3.63, 3.8) is 0 Å². The Morgan fingerprint density at radius 2 is 1.72 bits per heavy atom. The summed E-state index contributed by atoms with van der Waals surface area (Å²) in [5, 5.41) is 6.18. The molecule has 36 heavy (non-hydrogen) atoms. The number of hydrogen-bond acceptors (Lipinski definition) is 8. The molecule has 2 N–H and O–H groups in total. The van der Waals surface area contributed by atoms with Gasteiger partial charge in [0.15, 0.2) is 5.03 Å². The fourth-order valence-electron chi connectivity index (χ4n) is 4.22. The normalized spacial score (nSPS) is 17.9. The van der Waals surface area contributed by atoms with Gasteiger partial charge in [0.1, 0.15) is 5.82 Å². The number of rotatable bonds is 7. The van der Waals surface area contributed by atoms with Gasteiger partial charge in [-0.05, 0) is 72.8 Å². The van der Waals surface area contributed by atoms with E-state index in [-0.39, 0.29) is 27.6 Å². The summed E-state index contributed by atoms with van der Waals surface area (Å²) < 4.78 is 27.0. The molecule has 3 aromatic rings. The Hall–Kier alpha value is -3.05. The summed E-state index contributed by atoms with van der Waals surface area (Å²) in [4.78, 5) is 28.3. The summed E-state index contributed by atoms with van der Waals surface area (Å²) >= 11 is 3.29. The predicted octanol–water partition coefficient (Wildman–Crippen LogP) is 3.99. The van der Waals surface area contributed by atoms with Crippen molar-refractivity contribution in [2.24, 2.45) is 0 Å². The summed E-state index contributed by atoms with van der Waals surface area (Å²) in [5.74, 6) is 1.00. The molecular formula is C25H29BrN6O3S. The summed E-state index contributed by atoms with van der Waals surface area (Å²) in [6.07, 6.45) is 4.54. The van der Waals surface area contributed by atoms with Crippen molar-refractivity contribution in [1.29, 1.82) is 0 Å². The highest BCUT2D eigenvalue weighted by Crippen LogP contribution is 2.29. The molecule has 0 aliphatic heterocycles. The first-order valence-corrected chi connectivity index (χ1v) is 14.0. The average molecular weight is 574 g/mol. The third kappa shape index (κ3) is 5.84. The van der Waals surface area contributed by atoms with Gasteiger partial charge in [0.2, 0.25) is 15.8 Å². The van der Waals surface area contributed by atoms with Crippen LogP contribution >= 0.6 is 15.9 Å². The van der Waals surface area contributed by atoms with Crippen LogP contribution in [-0.2, 0) is 9.84 Å². The lowest BCUT2D eigenvalue weighted by Crippen LogP contribution is -2.40. The van der Waals surface area contributed by atoms with Gasteiger partial charge in [0, 0.05) is 48.6 Å². The number of anilines is 2. The standard InChI is InChI=1S/C25H29BrN6O3S/c1-16-15-22(32(2)3)31-25(28-16)30-18-12-10-17(11-13-18)29-23(33)19-7-6-14-27-24(19)36(34,35)21-9-5-4-8-20(21)26/h4-9,14-15,17-18H,10-13H2,1-3H3,(H,29,33)(H,28,30,31). The first-order valence-electron chi connectivity index (χ1n) is 11.7. The van der Waals surface area contributed by atoms with Crippen LogP contribution in [0.3, 0.4) is 0 Å². The molecule has 1 aliphatic carbocycles. The first-order chi connectivity index (χ1) is 17.1. The molecule has 1 amide bonds. The van der Waals surface area contributed by atoms with Gasteiger partial charge in [-0.25, -0.2) is 18.4 Å². The van der Waals surface area contributed by atoms with E-state index in [9.17, 15) is 13.2 Å². The van der Waals surface area contributed by atoms with E-state index < -0.39 is 15.7 Å². The van der Waals surface area contributed by atoms with Crippen LogP contribution in [0.2, 0.25) is 0 Å². The topological polar surface area (TPSA) is 117 Å². The molecule has 190 valence electrons. The van der Waals surface area contributed by atoms with Crippen LogP contribution in [0.15, 0.2) is 63.1 Å². The molecule has 1 aromatic carbocycles. The lowest BCUT2D eigenvalue weighted by atomic mass is 9.91. The number of amides is 1. The highest BCUT2D eigenvalue weighted by Gasteiger charge is 2.29. The van der Waals surface area contributed by atoms with Crippen LogP contribution < -0.4 is 15.5 Å². The smallest absolute Gasteiger partial charge is 0.254 e. The van der Waals surface area contributed by atoms with Gasteiger partial charge in [-0.15, -0.1) is 0 Å². The molecule has 0 atom stereocenters. The van der Waals surface area contributed by atoms with Crippen molar-refractivity contribution in [1.82, 2.24) is 20.3 Å². The van der Waals surface area contributed by atoms with Crippen molar-refractivity contribution < 1.29 is 13.2 Å². The minimum atomic E-state index is -3.99. The van der Waals surface area contributed by atoms with Crippen molar-refractivity contribution in [2.75, 3.05) is 24.3 Å². The van der Waals surface area contributed by atoms with Crippen molar-refractivity contribution in [2.45, 2.75) is 54.6 Å². The van der Waals surface area contributed by atoms with Crippen LogP contribution in [0.4, 0.5) is 11.8 Å². The third-order valence-electron chi connectivity index (χ3n) is 6.09. The highest BCUT2D eigenvalue weighted by atomic mass is 79.9. The van der Waals surface area contributed by atoms with Gasteiger partial charge in [-0.3, -0.25) is 4.79 Å². The van der Waals surface area contributed by atoms with Gasteiger partial charge >= 0.3 is 0 Å². The van der Waals surface area contributed by atoms with E-state index in [0.29, 0.717) is 10.4 Å². The summed E-state index contributed by atoms with van der Waals surface area (Å²) in [6, 6.07) is 11.6. The Kier molecular flexibility index (Phi) is 7.89. The number of aromatic nitrogens is 3. The molecule has 0 spiro atoms. The number of aryl methyl sites for hydroxylation is 1. The second kappa shape index (κ2) is 10.9. The summed E-state index contributed by atoms with van der Waals surface area (Å²) in [5.41, 5.74) is 0.930. The number of sulfone groups is 1. The molecule has 2 heterocycles. The predicted molar refractivity (Wildman–Crippen MR) is 142 cm³/mol. The SMILES string of the molecule is Cc1cc(N(C)C)nc(NC2CCC(NC(=O)c3cccnc3S(=O)(=O)c3ccccc3Br)CC2)n1. The van der Waals surface area contributed by atoms with E-state index >= 15 is 0 Å². The zero-order valence-corrected chi connectivity index (χ0v) is 22.8. The fourth-order valence-corrected chi connectivity index (χ4v) is 6.58. The van der Waals surface area contributed by atoms with E-state index in [1.807, 2.05) is 32.0 Å². The largest absolute Gasteiger partial charge is 0.363 e. The van der Waals surface area contributed by atoms with Crippen LogP contribution in [0.5, 0.6) is 0 Å². The number of benzene rings is 1. The second-order valence-corrected chi connectivity index (χ2v) is 11.7. The molecule has 0 saturated heterocycles. The maximum Gasteiger partial charge on any atom is 0.254 e. The minimum Gasteiger partial charge on any atom is -0.363 e. The number of carbonyl (C=O) groups excluding carboxylic acids is 1. The molecule has 1 saturated carbocycles. The van der Waals surface area contributed by atoms with Gasteiger partial charge in [0.05, 0.1) is 10.5 Å². The fraction of sp³-hybridized carbons (Fsp3) is 0.360. The lowest BCUT2D eigenvalue weighted by Gasteiger charge is -2.30. The number of halogens is 1. The Bertz CT molecular complexity index is 1360. The van der Waals surface area contributed by atoms with E-state index in [0.717, 1.165) is 37.2 Å². The van der Waals surface area contributed by atoms with Gasteiger partial charge in [-0.2, -0.15) is 4.98 Å². The van der Waals surface area contributed by atoms with Crippen LogP contribution in [0, 0.1) is 6.92 Å². The van der Waals surface area contributed by atoms with E-state index in [4.69, 9.17) is 0 Å². The van der Waals surface area contributed by atoms with Gasteiger partial charge < -0.3 is 15.5 Å². The molecule has 1 fully saturated rings. The summed E-state index contributed by atoms with van der Waals surface area (Å²) in [7, 11) is -0.106. The van der Waals surface area contributed by atoms with Gasteiger partial charge in [0.25, 0.3) is 5.91 Å². The molecule has 0 unspecified atom stereocenters. The Labute approximate surface area is 219 Å². The number of carbonyl (C=O) groups is 1. The zero-order valence-electron chi connectivity index (χ0n) is 20.4. The number of nitrogens with one attached hydrogen (secondary N) is 2. The molecular weight excluding hydrogens is 544 g/mol. The number of nitrogens with zero attached hydrogens (tertiary/aromatic N) is 4. The van der Waals surface area contributed by atoms with Crippen molar-refractivity contribution in [3.8, 4) is 0 Å². The Morgan fingerprint density at radius 3 is 2.42 bits per heavy atom. The van der Waals surface area contributed by atoms with Crippen LogP contribution in [-0.4, -0.2) is 55.5 Å². The Morgan fingerprint density at radius 1 is 1.03 bits per heavy atom. The lowest BCUT2D eigenvalue weighted by molar-refractivity contribution is 0.0922. The van der Waals surface area contributed by atoms with Crippen LogP contribution in [0.25, 0.3) is 0 Å². The molecule has 0 radical (unpaired) electrons. The van der Waals surface area contributed by atoms with Gasteiger partial charge in [-0.1, -0.05) is 12.1 Å². The monoisotopic (exact) mass is 572 g/mol. The zero-order chi connectivity index (χ0) is 25.9. The van der Waals surface area contributed by atoms with Crippen LogP contribution in [0.1, 0.15) is 41.7 Å². The first kappa shape index (κ1) is 26.0. The van der Waals surface area contributed by atoms with E-state index in [1.54, 1.807) is 24.3 Å². The maximum absolute atomic E-state index is 13.3. The number of pyridine rings is 1. The maximum atomic E-state index is 13.3. The van der Waals surface area contributed by atoms with E-state index in [1.165, 1.54) is 18.3 Å². The molecule has 0 bridgehead atoms. The third-order valence-corrected chi connectivity index (χ3v) is 8.81. The molecule has 4 rings (SSSR count). The van der Waals surface area contributed by atoms with Crippen molar-refractivity contribution >= 4 is 43.4 Å². The molecule has 1 aliphatic rings. The van der Waals surface area contributed by atoms with E-state index in [2.05, 4.69) is 41.5 Å². The van der Waals surface area contributed by atoms with Crippen molar-refractivity contribution in [3.05, 3.63) is 64.4 Å². The molecule has 9 nitrogen and oxygen atoms in total. The second-order valence-electron chi connectivity index (χ2n) is 9.04.